The average molecular weight is 683 g/mol. The number of alkyl halides is 1. The summed E-state index contributed by atoms with van der Waals surface area (Å²) in [6.07, 6.45) is -0.337. The maximum absolute atomic E-state index is 16.1. The Labute approximate surface area is 260 Å². The normalized spacial score (nSPS) is 27.0. The van der Waals surface area contributed by atoms with E-state index in [1.807, 2.05) is 79.7 Å². The fourth-order valence-electron chi connectivity index (χ4n) is 7.46. The second-order valence-corrected chi connectivity index (χ2v) is 13.6. The van der Waals surface area contributed by atoms with Crippen molar-refractivity contribution in [2.24, 2.45) is 11.8 Å². The third-order valence-electron chi connectivity index (χ3n) is 9.38. The number of hydrogen-bond acceptors (Lipinski definition) is 4. The van der Waals surface area contributed by atoms with Crippen LogP contribution in [-0.4, -0.2) is 46.2 Å². The Hall–Kier alpha value is -2.82. The number of ether oxygens (including phenoxy) is 1. The third-order valence-corrected chi connectivity index (χ3v) is 10.1. The van der Waals surface area contributed by atoms with Gasteiger partial charge in [0.15, 0.2) is 5.60 Å². The number of hydrogen-bond donors (Lipinski definition) is 1. The van der Waals surface area contributed by atoms with Crippen molar-refractivity contribution in [2.45, 2.75) is 70.1 Å². The summed E-state index contributed by atoms with van der Waals surface area (Å²) in [4.78, 5) is 31.8. The lowest BCUT2D eigenvalue weighted by Crippen LogP contribution is -2.48. The molecule has 3 aromatic rings. The summed E-state index contributed by atoms with van der Waals surface area (Å²) >= 11 is 2.25. The smallest absolute Gasteiger partial charge is 0.264 e. The number of benzene rings is 3. The molecule has 5 atom stereocenters. The van der Waals surface area contributed by atoms with Gasteiger partial charge < -0.3 is 19.6 Å². The minimum absolute atomic E-state index is 0.0741. The molecule has 8 heteroatoms. The van der Waals surface area contributed by atoms with Crippen LogP contribution < -0.4 is 4.90 Å². The van der Waals surface area contributed by atoms with E-state index < -0.39 is 29.2 Å². The molecule has 42 heavy (non-hydrogen) atoms. The summed E-state index contributed by atoms with van der Waals surface area (Å²) in [5.74, 6) is -1.66. The molecular weight excluding hydrogens is 646 g/mol. The van der Waals surface area contributed by atoms with Gasteiger partial charge in [0.25, 0.3) is 5.91 Å². The Balaban J connectivity index is 1.33. The van der Waals surface area contributed by atoms with Crippen molar-refractivity contribution in [2.75, 3.05) is 11.5 Å². The Kier molecular flexibility index (Phi) is 7.68. The van der Waals surface area contributed by atoms with Crippen LogP contribution in [0.5, 0.6) is 0 Å². The van der Waals surface area contributed by atoms with Crippen molar-refractivity contribution in [1.29, 1.82) is 0 Å². The van der Waals surface area contributed by atoms with Crippen LogP contribution in [0.15, 0.2) is 72.8 Å². The molecule has 6 rings (SSSR count). The van der Waals surface area contributed by atoms with Gasteiger partial charge in [0.2, 0.25) is 5.91 Å². The highest BCUT2D eigenvalue weighted by Crippen LogP contribution is 2.58. The van der Waals surface area contributed by atoms with Crippen LogP contribution in [0.4, 0.5) is 10.1 Å². The van der Waals surface area contributed by atoms with Gasteiger partial charge in [-0.3, -0.25) is 9.59 Å². The van der Waals surface area contributed by atoms with E-state index in [0.29, 0.717) is 19.5 Å². The molecular formula is C34H36FIN2O4. The number of para-hydroxylation sites is 1. The number of aliphatic hydroxyl groups excluding tert-OH is 1. The number of carbonyl (C=O) groups excluding carboxylic acids is 2. The summed E-state index contributed by atoms with van der Waals surface area (Å²) in [6, 6.07) is 23.2. The molecule has 6 nitrogen and oxygen atoms in total. The Bertz CT molecular complexity index is 1510. The van der Waals surface area contributed by atoms with Crippen molar-refractivity contribution >= 4 is 40.1 Å². The number of anilines is 1. The van der Waals surface area contributed by atoms with Crippen molar-refractivity contribution < 1.29 is 23.8 Å². The Morgan fingerprint density at radius 1 is 1.07 bits per heavy atom. The largest absolute Gasteiger partial charge is 0.394 e. The van der Waals surface area contributed by atoms with Crippen LogP contribution in [-0.2, 0) is 39.4 Å². The standard InChI is InChI=1S/C34H36FIN2O4/c1-21-31(33(2,3)35)29(17-30(40)37-19-24-9-5-4-8-23(24)16-26(37)20-39)42-34(21)27-10-6-7-11-28(27)38(32(34)41)18-22-12-14-25(36)15-13-22/h4-15,21,26,29,31,39H,16-20H2,1-3H3/t21-,26+,29+,31-,34+/m1/s1. The number of fused-ring (bicyclic) bond motifs is 3. The molecule has 0 bridgehead atoms. The molecule has 0 unspecified atom stereocenters. The maximum atomic E-state index is 16.1. The highest BCUT2D eigenvalue weighted by Gasteiger charge is 2.66. The molecule has 3 aromatic carbocycles. The molecule has 1 N–H and O–H groups in total. The van der Waals surface area contributed by atoms with Crippen LogP contribution in [0, 0.1) is 15.4 Å². The molecule has 1 fully saturated rings. The molecule has 3 heterocycles. The lowest BCUT2D eigenvalue weighted by molar-refractivity contribution is -0.151. The van der Waals surface area contributed by atoms with Gasteiger partial charge >= 0.3 is 0 Å². The summed E-state index contributed by atoms with van der Waals surface area (Å²) < 4.78 is 23.9. The molecule has 1 saturated heterocycles. The van der Waals surface area contributed by atoms with Crippen molar-refractivity contribution in [3.8, 4) is 0 Å². The van der Waals surface area contributed by atoms with Gasteiger partial charge in [-0.15, -0.1) is 0 Å². The Morgan fingerprint density at radius 3 is 2.43 bits per heavy atom. The first-order valence-corrected chi connectivity index (χ1v) is 15.6. The van der Waals surface area contributed by atoms with Crippen LogP contribution in [0.3, 0.4) is 0 Å². The quantitative estimate of drug-likeness (QED) is 0.336. The highest BCUT2D eigenvalue weighted by atomic mass is 127. The van der Waals surface area contributed by atoms with E-state index in [4.69, 9.17) is 4.74 Å². The number of amides is 2. The number of aliphatic hydroxyl groups is 1. The molecule has 3 aliphatic heterocycles. The van der Waals surface area contributed by atoms with Crippen molar-refractivity contribution in [1.82, 2.24) is 4.90 Å². The van der Waals surface area contributed by atoms with E-state index >= 15 is 4.39 Å². The minimum atomic E-state index is -1.71. The topological polar surface area (TPSA) is 70.1 Å². The van der Waals surface area contributed by atoms with Gasteiger partial charge in [0.1, 0.15) is 5.67 Å². The number of carbonyl (C=O) groups is 2. The Morgan fingerprint density at radius 2 is 1.74 bits per heavy atom. The first-order valence-electron chi connectivity index (χ1n) is 14.5. The molecule has 3 aliphatic rings. The van der Waals surface area contributed by atoms with Crippen LogP contribution >= 0.6 is 22.6 Å². The van der Waals surface area contributed by atoms with E-state index in [0.717, 1.165) is 31.5 Å². The zero-order valence-corrected chi connectivity index (χ0v) is 26.3. The van der Waals surface area contributed by atoms with E-state index in [1.165, 1.54) is 13.8 Å². The number of rotatable bonds is 6. The van der Waals surface area contributed by atoms with E-state index in [9.17, 15) is 14.7 Å². The molecule has 220 valence electrons. The van der Waals surface area contributed by atoms with Gasteiger partial charge in [-0.1, -0.05) is 61.5 Å². The molecule has 0 radical (unpaired) electrons. The van der Waals surface area contributed by atoms with Gasteiger partial charge in [-0.05, 0) is 77.7 Å². The molecule has 0 aromatic heterocycles. The fraction of sp³-hybridized carbons (Fsp3) is 0.412. The van der Waals surface area contributed by atoms with Crippen LogP contribution in [0.25, 0.3) is 0 Å². The van der Waals surface area contributed by atoms with Gasteiger partial charge in [0, 0.05) is 27.5 Å². The van der Waals surface area contributed by atoms with Crippen molar-refractivity contribution in [3.63, 3.8) is 0 Å². The highest BCUT2D eigenvalue weighted by molar-refractivity contribution is 14.1. The lowest BCUT2D eigenvalue weighted by Gasteiger charge is -2.37. The summed E-state index contributed by atoms with van der Waals surface area (Å²) in [5, 5.41) is 10.2. The first-order chi connectivity index (χ1) is 20.0. The summed E-state index contributed by atoms with van der Waals surface area (Å²) in [6.45, 7) is 5.48. The zero-order valence-electron chi connectivity index (χ0n) is 24.1. The second kappa shape index (κ2) is 11.0. The van der Waals surface area contributed by atoms with Gasteiger partial charge in [-0.2, -0.15) is 0 Å². The lowest BCUT2D eigenvalue weighted by atomic mass is 9.71. The predicted molar refractivity (Wildman–Crippen MR) is 167 cm³/mol. The average Bonchev–Trinajstić information content (AvgIpc) is 3.39. The molecule has 2 amide bonds. The van der Waals surface area contributed by atoms with Crippen LogP contribution in [0.2, 0.25) is 0 Å². The van der Waals surface area contributed by atoms with Gasteiger partial charge in [-0.25, -0.2) is 4.39 Å². The predicted octanol–water partition coefficient (Wildman–Crippen LogP) is 5.77. The van der Waals surface area contributed by atoms with E-state index in [-0.39, 0.29) is 30.9 Å². The molecule has 0 aliphatic carbocycles. The number of halogens is 2. The van der Waals surface area contributed by atoms with E-state index in [2.05, 4.69) is 22.6 Å². The molecule has 1 spiro atoms. The van der Waals surface area contributed by atoms with Crippen molar-refractivity contribution in [3.05, 3.63) is 98.6 Å². The number of nitrogens with zero attached hydrogens (tertiary/aromatic N) is 2. The van der Waals surface area contributed by atoms with Crippen LogP contribution in [0.1, 0.15) is 49.4 Å². The second-order valence-electron chi connectivity index (χ2n) is 12.3. The van der Waals surface area contributed by atoms with Gasteiger partial charge in [0.05, 0.1) is 37.4 Å². The summed E-state index contributed by atoms with van der Waals surface area (Å²) in [7, 11) is 0. The maximum Gasteiger partial charge on any atom is 0.264 e. The first kappa shape index (κ1) is 29.3. The fourth-order valence-corrected chi connectivity index (χ4v) is 7.82. The minimum Gasteiger partial charge on any atom is -0.394 e. The SMILES string of the molecule is C[C@@H]1[C@@H](C(C)(C)F)[C@H](CC(=O)N2Cc3ccccc3C[C@H]2CO)O[C@@]12C(=O)N(Cc1ccc(I)cc1)c1ccccc12. The monoisotopic (exact) mass is 682 g/mol. The molecule has 0 saturated carbocycles. The third kappa shape index (κ3) is 4.85. The zero-order chi connectivity index (χ0) is 29.8. The summed E-state index contributed by atoms with van der Waals surface area (Å²) in [5.41, 5.74) is 1.51. The van der Waals surface area contributed by atoms with E-state index in [1.54, 1.807) is 9.80 Å².